The van der Waals surface area contributed by atoms with Crippen LogP contribution in [0, 0.1) is 10.1 Å². The third kappa shape index (κ3) is 5.40. The number of urea groups is 1. The Bertz CT molecular complexity index is 954. The number of nitro groups is 1. The number of nitro benzene ring substituents is 1. The van der Waals surface area contributed by atoms with Crippen molar-refractivity contribution in [2.45, 2.75) is 26.3 Å². The zero-order valence-corrected chi connectivity index (χ0v) is 16.6. The van der Waals surface area contributed by atoms with Crippen LogP contribution in [0.3, 0.4) is 0 Å². The molecule has 28 heavy (non-hydrogen) atoms. The van der Waals surface area contributed by atoms with Crippen molar-refractivity contribution in [2.75, 3.05) is 0 Å². The third-order valence-electron chi connectivity index (χ3n) is 4.05. The standard InChI is InChI=1S/C20H21ClN4O3/c1-13(2)15-6-5-7-16(11-15)20(3,4)23-19(26)24-22-12-14-8-9-17(21)18(10-14)25(27)28/h5-12H,1H2,2-4H3,(H2,23,24,26). The Balaban J connectivity index is 2.04. The number of carbonyl (C=O) groups excluding carboxylic acids is 1. The first-order valence-corrected chi connectivity index (χ1v) is 8.79. The van der Waals surface area contributed by atoms with Crippen molar-refractivity contribution in [3.8, 4) is 0 Å². The van der Waals surface area contributed by atoms with Gasteiger partial charge in [0, 0.05) is 11.6 Å². The van der Waals surface area contributed by atoms with E-state index in [-0.39, 0.29) is 10.7 Å². The van der Waals surface area contributed by atoms with Gasteiger partial charge in [0.25, 0.3) is 5.69 Å². The summed E-state index contributed by atoms with van der Waals surface area (Å²) in [5, 5.41) is 17.6. The van der Waals surface area contributed by atoms with E-state index in [0.717, 1.165) is 16.7 Å². The van der Waals surface area contributed by atoms with Crippen LogP contribution in [0.15, 0.2) is 54.1 Å². The number of benzene rings is 2. The molecule has 0 heterocycles. The molecule has 0 unspecified atom stereocenters. The molecule has 8 heteroatoms. The molecule has 146 valence electrons. The van der Waals surface area contributed by atoms with Gasteiger partial charge in [-0.15, -0.1) is 0 Å². The normalized spacial score (nSPS) is 11.3. The third-order valence-corrected chi connectivity index (χ3v) is 4.37. The van der Waals surface area contributed by atoms with Crippen LogP contribution in [0.1, 0.15) is 37.5 Å². The van der Waals surface area contributed by atoms with Crippen LogP contribution in [0.2, 0.25) is 5.02 Å². The highest BCUT2D eigenvalue weighted by atomic mass is 35.5. The summed E-state index contributed by atoms with van der Waals surface area (Å²) in [6, 6.07) is 11.5. The second-order valence-corrected chi connectivity index (χ2v) is 7.19. The first-order chi connectivity index (χ1) is 13.1. The van der Waals surface area contributed by atoms with E-state index in [1.807, 2.05) is 45.0 Å². The Morgan fingerprint density at radius 3 is 2.64 bits per heavy atom. The Labute approximate surface area is 168 Å². The predicted molar refractivity (Wildman–Crippen MR) is 112 cm³/mol. The maximum Gasteiger partial charge on any atom is 0.335 e. The molecule has 0 aliphatic rings. The number of halogens is 1. The molecular weight excluding hydrogens is 380 g/mol. The van der Waals surface area contributed by atoms with Crippen molar-refractivity contribution < 1.29 is 9.72 Å². The lowest BCUT2D eigenvalue weighted by molar-refractivity contribution is -0.384. The van der Waals surface area contributed by atoms with Crippen molar-refractivity contribution in [1.29, 1.82) is 0 Å². The molecule has 2 rings (SSSR count). The molecular formula is C20H21ClN4O3. The smallest absolute Gasteiger partial charge is 0.328 e. The van der Waals surface area contributed by atoms with Gasteiger partial charge in [0.15, 0.2) is 0 Å². The summed E-state index contributed by atoms with van der Waals surface area (Å²) in [6.07, 6.45) is 1.30. The molecule has 0 bridgehead atoms. The minimum absolute atomic E-state index is 0.0339. The number of amides is 2. The van der Waals surface area contributed by atoms with Gasteiger partial charge in [0.05, 0.1) is 16.7 Å². The number of rotatable bonds is 6. The maximum absolute atomic E-state index is 12.2. The predicted octanol–water partition coefficient (Wildman–Crippen LogP) is 4.85. The SMILES string of the molecule is C=C(C)c1cccc(C(C)(C)NC(=O)NN=Cc2ccc(Cl)c([N+](=O)[O-])c2)c1. The topological polar surface area (TPSA) is 96.6 Å². The summed E-state index contributed by atoms with van der Waals surface area (Å²) in [5.74, 6) is 0. The Morgan fingerprint density at radius 2 is 2.00 bits per heavy atom. The van der Waals surface area contributed by atoms with Gasteiger partial charge in [0.1, 0.15) is 5.02 Å². The fraction of sp³-hybridized carbons (Fsp3) is 0.200. The molecule has 0 spiro atoms. The van der Waals surface area contributed by atoms with Gasteiger partial charge in [-0.2, -0.15) is 5.10 Å². The first kappa shape index (κ1) is 21.1. The monoisotopic (exact) mass is 400 g/mol. The van der Waals surface area contributed by atoms with Crippen LogP contribution >= 0.6 is 11.6 Å². The Kier molecular flexibility index (Phi) is 6.53. The molecule has 7 nitrogen and oxygen atoms in total. The average Bonchev–Trinajstić information content (AvgIpc) is 2.62. The molecule has 0 aromatic heterocycles. The summed E-state index contributed by atoms with van der Waals surface area (Å²) in [4.78, 5) is 22.5. The van der Waals surface area contributed by atoms with Gasteiger partial charge < -0.3 is 5.32 Å². The van der Waals surface area contributed by atoms with Gasteiger partial charge >= 0.3 is 6.03 Å². The van der Waals surface area contributed by atoms with E-state index in [2.05, 4.69) is 22.4 Å². The van der Waals surface area contributed by atoms with E-state index in [1.165, 1.54) is 18.3 Å². The quantitative estimate of drug-likeness (QED) is 0.412. The summed E-state index contributed by atoms with van der Waals surface area (Å²) >= 11 is 5.77. The Hall–Kier alpha value is -3.19. The molecule has 0 fully saturated rings. The molecule has 0 saturated heterocycles. The summed E-state index contributed by atoms with van der Waals surface area (Å²) in [7, 11) is 0. The highest BCUT2D eigenvalue weighted by molar-refractivity contribution is 6.32. The molecule has 2 aromatic rings. The van der Waals surface area contributed by atoms with Crippen molar-refractivity contribution in [3.05, 3.63) is 80.9 Å². The van der Waals surface area contributed by atoms with Crippen LogP contribution in [0.25, 0.3) is 5.57 Å². The number of carbonyl (C=O) groups is 1. The van der Waals surface area contributed by atoms with E-state index in [9.17, 15) is 14.9 Å². The lowest BCUT2D eigenvalue weighted by Crippen LogP contribution is -2.45. The zero-order chi connectivity index (χ0) is 20.9. The second kappa shape index (κ2) is 8.67. The van der Waals surface area contributed by atoms with Crippen molar-refractivity contribution in [2.24, 2.45) is 5.10 Å². The summed E-state index contributed by atoms with van der Waals surface area (Å²) in [5.41, 5.74) is 4.76. The van der Waals surface area contributed by atoms with Gasteiger partial charge in [0.2, 0.25) is 0 Å². The number of hydrazone groups is 1. The van der Waals surface area contributed by atoms with Crippen LogP contribution < -0.4 is 10.7 Å². The highest BCUT2D eigenvalue weighted by Gasteiger charge is 2.23. The molecule has 0 aliphatic heterocycles. The lowest BCUT2D eigenvalue weighted by Gasteiger charge is -2.27. The van der Waals surface area contributed by atoms with Crippen LogP contribution in [0.4, 0.5) is 10.5 Å². The fourth-order valence-corrected chi connectivity index (χ4v) is 2.66. The number of nitrogens with one attached hydrogen (secondary N) is 2. The molecule has 2 amide bonds. The van der Waals surface area contributed by atoms with E-state index in [1.54, 1.807) is 6.07 Å². The van der Waals surface area contributed by atoms with Gasteiger partial charge in [-0.05, 0) is 44.0 Å². The minimum atomic E-state index is -0.649. The number of hydrogen-bond acceptors (Lipinski definition) is 4. The van der Waals surface area contributed by atoms with E-state index in [0.29, 0.717) is 5.56 Å². The number of allylic oxidation sites excluding steroid dienone is 1. The average molecular weight is 401 g/mol. The van der Waals surface area contributed by atoms with E-state index in [4.69, 9.17) is 11.6 Å². The van der Waals surface area contributed by atoms with Crippen molar-refractivity contribution in [3.63, 3.8) is 0 Å². The van der Waals surface area contributed by atoms with Crippen LogP contribution in [-0.2, 0) is 5.54 Å². The van der Waals surface area contributed by atoms with Crippen molar-refractivity contribution in [1.82, 2.24) is 10.7 Å². The minimum Gasteiger partial charge on any atom is -0.328 e. The van der Waals surface area contributed by atoms with Crippen LogP contribution in [0.5, 0.6) is 0 Å². The van der Waals surface area contributed by atoms with Gasteiger partial charge in [-0.25, -0.2) is 10.2 Å². The fourth-order valence-electron chi connectivity index (χ4n) is 2.47. The highest BCUT2D eigenvalue weighted by Crippen LogP contribution is 2.25. The largest absolute Gasteiger partial charge is 0.335 e. The molecule has 0 radical (unpaired) electrons. The number of hydrogen-bond donors (Lipinski definition) is 2. The summed E-state index contributed by atoms with van der Waals surface area (Å²) in [6.45, 7) is 9.59. The van der Waals surface area contributed by atoms with E-state index >= 15 is 0 Å². The Morgan fingerprint density at radius 1 is 1.29 bits per heavy atom. The molecule has 0 atom stereocenters. The zero-order valence-electron chi connectivity index (χ0n) is 15.8. The molecule has 2 N–H and O–H groups in total. The van der Waals surface area contributed by atoms with E-state index < -0.39 is 16.5 Å². The molecule has 2 aromatic carbocycles. The molecule has 0 aliphatic carbocycles. The van der Waals surface area contributed by atoms with Gasteiger partial charge in [-0.3, -0.25) is 10.1 Å². The lowest BCUT2D eigenvalue weighted by atomic mass is 9.92. The molecule has 0 saturated carbocycles. The maximum atomic E-state index is 12.2. The number of nitrogens with zero attached hydrogens (tertiary/aromatic N) is 2. The first-order valence-electron chi connectivity index (χ1n) is 8.42. The second-order valence-electron chi connectivity index (χ2n) is 6.78. The van der Waals surface area contributed by atoms with Gasteiger partial charge in [-0.1, -0.05) is 48.0 Å². The van der Waals surface area contributed by atoms with Crippen LogP contribution in [-0.4, -0.2) is 17.2 Å². The summed E-state index contributed by atoms with van der Waals surface area (Å²) < 4.78 is 0. The van der Waals surface area contributed by atoms with Crippen molar-refractivity contribution >= 4 is 35.1 Å².